The van der Waals surface area contributed by atoms with Gasteiger partial charge in [0.15, 0.2) is 5.78 Å². The van der Waals surface area contributed by atoms with Crippen LogP contribution in [0.15, 0.2) is 4.99 Å². The molecule has 1 fully saturated rings. The Hall–Kier alpha value is -0.950. The molecule has 1 aliphatic carbocycles. The molecule has 0 N–H and O–H groups in total. The normalized spacial score (nSPS) is 18.6. The highest BCUT2D eigenvalue weighted by atomic mass is 16.1. The number of carbonyl (C=O) groups is 1. The Morgan fingerprint density at radius 1 is 1.50 bits per heavy atom. The van der Waals surface area contributed by atoms with Crippen molar-refractivity contribution in [3.05, 3.63) is 0 Å². The number of Topliss-reactive ketones (excluding diaryl/α,β-unsaturated/α-hetero) is 1. The fourth-order valence-electron chi connectivity index (χ4n) is 1.21. The average Bonchev–Trinajstić information content (AvgIpc) is 2.80. The van der Waals surface area contributed by atoms with Crippen LogP contribution in [0.4, 0.5) is 0 Å². The summed E-state index contributed by atoms with van der Waals surface area (Å²) in [6.45, 7) is 3.79. The first-order chi connectivity index (χ1) is 5.66. The second-order valence-electron chi connectivity index (χ2n) is 3.59. The molecule has 0 amide bonds. The van der Waals surface area contributed by atoms with Gasteiger partial charge in [-0.3, -0.25) is 4.79 Å². The van der Waals surface area contributed by atoms with E-state index in [-0.39, 0.29) is 17.6 Å². The lowest BCUT2D eigenvalue weighted by molar-refractivity contribution is -0.122. The van der Waals surface area contributed by atoms with Crippen LogP contribution in [0, 0.1) is 11.8 Å². The Kier molecular flexibility index (Phi) is 2.77. The molecule has 0 heterocycles. The van der Waals surface area contributed by atoms with E-state index in [0.717, 1.165) is 12.8 Å². The summed E-state index contributed by atoms with van der Waals surface area (Å²) in [4.78, 5) is 25.0. The summed E-state index contributed by atoms with van der Waals surface area (Å²) in [5.74, 6) is 0.405. The van der Waals surface area contributed by atoms with Crippen LogP contribution >= 0.6 is 0 Å². The first-order valence-electron chi connectivity index (χ1n) is 4.27. The van der Waals surface area contributed by atoms with E-state index in [4.69, 9.17) is 0 Å². The first-order valence-corrected chi connectivity index (χ1v) is 4.27. The van der Waals surface area contributed by atoms with Crippen molar-refractivity contribution in [2.24, 2.45) is 16.8 Å². The molecule has 0 spiro atoms. The predicted molar refractivity (Wildman–Crippen MR) is 44.5 cm³/mol. The molecule has 1 saturated carbocycles. The lowest BCUT2D eigenvalue weighted by Gasteiger charge is -2.11. The number of hydrogen-bond donors (Lipinski definition) is 0. The topological polar surface area (TPSA) is 46.5 Å². The third-order valence-electron chi connectivity index (χ3n) is 2.09. The lowest BCUT2D eigenvalue weighted by atomic mass is 9.98. The lowest BCUT2D eigenvalue weighted by Crippen LogP contribution is -2.25. The van der Waals surface area contributed by atoms with E-state index in [2.05, 4.69) is 4.99 Å². The molecule has 1 atom stereocenters. The zero-order valence-electron chi connectivity index (χ0n) is 7.41. The molecule has 0 aromatic rings. The van der Waals surface area contributed by atoms with Crippen LogP contribution in [-0.4, -0.2) is 17.9 Å². The standard InChI is InChI=1S/C9H13NO2/c1-6(2)8(10-5-11)9(12)7-3-4-7/h6-8H,3-4H2,1-2H3/t8-/m0/s1. The molecule has 0 aliphatic heterocycles. The van der Waals surface area contributed by atoms with E-state index in [1.165, 1.54) is 6.08 Å². The number of rotatable bonds is 4. The van der Waals surface area contributed by atoms with E-state index < -0.39 is 6.04 Å². The minimum atomic E-state index is -0.449. The van der Waals surface area contributed by atoms with Crippen molar-refractivity contribution >= 4 is 11.9 Å². The molecule has 0 aromatic heterocycles. The summed E-state index contributed by atoms with van der Waals surface area (Å²) < 4.78 is 0. The van der Waals surface area contributed by atoms with Crippen LogP contribution in [0.3, 0.4) is 0 Å². The van der Waals surface area contributed by atoms with Crippen molar-refractivity contribution in [3.63, 3.8) is 0 Å². The number of ketones is 1. The summed E-state index contributed by atoms with van der Waals surface area (Å²) in [6.07, 6.45) is 3.40. The van der Waals surface area contributed by atoms with Gasteiger partial charge >= 0.3 is 0 Å². The first kappa shape index (κ1) is 9.14. The highest BCUT2D eigenvalue weighted by Crippen LogP contribution is 2.32. The van der Waals surface area contributed by atoms with Gasteiger partial charge in [0.1, 0.15) is 6.04 Å². The second kappa shape index (κ2) is 3.63. The van der Waals surface area contributed by atoms with Crippen LogP contribution in [0.2, 0.25) is 0 Å². The van der Waals surface area contributed by atoms with E-state index in [1.54, 1.807) is 0 Å². The summed E-state index contributed by atoms with van der Waals surface area (Å²) in [5, 5.41) is 0. The van der Waals surface area contributed by atoms with Crippen LogP contribution < -0.4 is 0 Å². The fourth-order valence-corrected chi connectivity index (χ4v) is 1.21. The van der Waals surface area contributed by atoms with Crippen molar-refractivity contribution < 1.29 is 9.59 Å². The van der Waals surface area contributed by atoms with Gasteiger partial charge in [-0.15, -0.1) is 0 Å². The Balaban J connectivity index is 2.63. The van der Waals surface area contributed by atoms with Crippen LogP contribution in [0.25, 0.3) is 0 Å². The molecule has 3 nitrogen and oxygen atoms in total. The number of isocyanates is 1. The van der Waals surface area contributed by atoms with Gasteiger partial charge in [0.2, 0.25) is 6.08 Å². The number of carbonyl (C=O) groups excluding carboxylic acids is 2. The number of aliphatic imine (C=N–C) groups is 1. The van der Waals surface area contributed by atoms with Crippen LogP contribution in [0.1, 0.15) is 26.7 Å². The largest absolute Gasteiger partial charge is 0.297 e. The van der Waals surface area contributed by atoms with Gasteiger partial charge in [0.25, 0.3) is 0 Å². The molecular weight excluding hydrogens is 154 g/mol. The van der Waals surface area contributed by atoms with Gasteiger partial charge in [0, 0.05) is 5.92 Å². The van der Waals surface area contributed by atoms with Crippen molar-refractivity contribution in [2.45, 2.75) is 32.7 Å². The van der Waals surface area contributed by atoms with Gasteiger partial charge in [-0.25, -0.2) is 4.79 Å². The third-order valence-corrected chi connectivity index (χ3v) is 2.09. The van der Waals surface area contributed by atoms with Crippen molar-refractivity contribution in [3.8, 4) is 0 Å². The maximum absolute atomic E-state index is 11.5. The van der Waals surface area contributed by atoms with Crippen LogP contribution in [-0.2, 0) is 9.59 Å². The minimum Gasteiger partial charge on any atom is -0.297 e. The Morgan fingerprint density at radius 3 is 2.42 bits per heavy atom. The summed E-state index contributed by atoms with van der Waals surface area (Å²) in [6, 6.07) is -0.449. The minimum absolute atomic E-state index is 0.111. The molecule has 0 aromatic carbocycles. The summed E-state index contributed by atoms with van der Waals surface area (Å²) >= 11 is 0. The van der Waals surface area contributed by atoms with Gasteiger partial charge < -0.3 is 0 Å². The highest BCUT2D eigenvalue weighted by molar-refractivity contribution is 5.89. The molecule has 66 valence electrons. The van der Waals surface area contributed by atoms with Crippen molar-refractivity contribution in [2.75, 3.05) is 0 Å². The zero-order chi connectivity index (χ0) is 9.14. The fraction of sp³-hybridized carbons (Fsp3) is 0.778. The smallest absolute Gasteiger partial charge is 0.235 e. The van der Waals surface area contributed by atoms with Crippen LogP contribution in [0.5, 0.6) is 0 Å². The monoisotopic (exact) mass is 167 g/mol. The van der Waals surface area contributed by atoms with Crippen molar-refractivity contribution in [1.82, 2.24) is 0 Å². The average molecular weight is 167 g/mol. The van der Waals surface area contributed by atoms with E-state index in [9.17, 15) is 9.59 Å². The second-order valence-corrected chi connectivity index (χ2v) is 3.59. The summed E-state index contributed by atoms with van der Waals surface area (Å²) in [5.41, 5.74) is 0. The highest BCUT2D eigenvalue weighted by Gasteiger charge is 2.35. The molecule has 12 heavy (non-hydrogen) atoms. The molecule has 3 heteroatoms. The van der Waals surface area contributed by atoms with Gasteiger partial charge in [-0.2, -0.15) is 4.99 Å². The molecule has 0 unspecified atom stereocenters. The molecule has 1 aliphatic rings. The molecule has 1 rings (SSSR count). The molecular formula is C9H13NO2. The van der Waals surface area contributed by atoms with Crippen molar-refractivity contribution in [1.29, 1.82) is 0 Å². The summed E-state index contributed by atoms with van der Waals surface area (Å²) in [7, 11) is 0. The van der Waals surface area contributed by atoms with Gasteiger partial charge in [-0.1, -0.05) is 13.8 Å². The molecule has 0 radical (unpaired) electrons. The Labute approximate surface area is 71.9 Å². The maximum atomic E-state index is 11.5. The van der Waals surface area contributed by atoms with E-state index in [1.807, 2.05) is 13.8 Å². The van der Waals surface area contributed by atoms with Gasteiger partial charge in [-0.05, 0) is 18.8 Å². The quantitative estimate of drug-likeness (QED) is 0.468. The molecule has 0 bridgehead atoms. The third kappa shape index (κ3) is 2.02. The van der Waals surface area contributed by atoms with E-state index in [0.29, 0.717) is 0 Å². The molecule has 0 saturated heterocycles. The zero-order valence-corrected chi connectivity index (χ0v) is 7.41. The number of nitrogens with zero attached hydrogens (tertiary/aromatic N) is 1. The van der Waals surface area contributed by atoms with Gasteiger partial charge in [0.05, 0.1) is 0 Å². The Morgan fingerprint density at radius 2 is 2.08 bits per heavy atom. The Bertz CT molecular complexity index is 225. The number of hydrogen-bond acceptors (Lipinski definition) is 3. The SMILES string of the molecule is CC(C)[C@H](N=C=O)C(=O)C1CC1. The predicted octanol–water partition coefficient (Wildman–Crippen LogP) is 1.33. The van der Waals surface area contributed by atoms with E-state index >= 15 is 0 Å². The maximum Gasteiger partial charge on any atom is 0.235 e.